The number of rotatable bonds is 2. The van der Waals surface area contributed by atoms with Crippen LogP contribution in [0.25, 0.3) is 0 Å². The van der Waals surface area contributed by atoms with Crippen molar-refractivity contribution in [3.8, 4) is 0 Å². The van der Waals surface area contributed by atoms with Crippen LogP contribution in [0.3, 0.4) is 0 Å². The number of nitrogens with zero attached hydrogens (tertiary/aromatic N) is 2. The van der Waals surface area contributed by atoms with Gasteiger partial charge in [0.2, 0.25) is 0 Å². The van der Waals surface area contributed by atoms with E-state index in [0.717, 1.165) is 18.7 Å². The molecule has 0 unspecified atom stereocenters. The summed E-state index contributed by atoms with van der Waals surface area (Å²) in [5.41, 5.74) is 1.69. The molecule has 4 nitrogen and oxygen atoms in total. The first-order valence-electron chi connectivity index (χ1n) is 6.59. The fourth-order valence-corrected chi connectivity index (χ4v) is 2.12. The summed E-state index contributed by atoms with van der Waals surface area (Å²) in [6.45, 7) is 0.786. The zero-order valence-electron chi connectivity index (χ0n) is 11.0. The third-order valence-corrected chi connectivity index (χ3v) is 3.15. The van der Waals surface area contributed by atoms with Crippen LogP contribution in [0.1, 0.15) is 16.8 Å². The van der Waals surface area contributed by atoms with E-state index >= 15 is 0 Å². The molecular weight excluding hydrogens is 250 g/mol. The maximum atomic E-state index is 12.0. The highest BCUT2D eigenvalue weighted by molar-refractivity contribution is 6.07. The van der Waals surface area contributed by atoms with Gasteiger partial charge in [0, 0.05) is 18.5 Å². The molecule has 100 valence electrons. The summed E-state index contributed by atoms with van der Waals surface area (Å²) < 4.78 is 0. The fourth-order valence-electron chi connectivity index (χ4n) is 2.12. The van der Waals surface area contributed by atoms with Gasteiger partial charge in [-0.25, -0.2) is 0 Å². The summed E-state index contributed by atoms with van der Waals surface area (Å²) in [5, 5.41) is 9.21. The van der Waals surface area contributed by atoms with Crippen LogP contribution in [-0.2, 0) is 0 Å². The molecule has 0 spiro atoms. The normalized spacial score (nSPS) is 14.0. The number of carbonyl (C=O) groups excluding carboxylic acids is 1. The van der Waals surface area contributed by atoms with E-state index < -0.39 is 0 Å². The topological polar surface area (TPSA) is 44.7 Å². The third kappa shape index (κ3) is 2.69. The Hall–Kier alpha value is -2.62. The van der Waals surface area contributed by atoms with E-state index in [2.05, 4.69) is 10.4 Å². The number of benzene rings is 2. The van der Waals surface area contributed by atoms with Crippen LogP contribution in [0.5, 0.6) is 0 Å². The summed E-state index contributed by atoms with van der Waals surface area (Å²) in [5.74, 6) is 0.599. The van der Waals surface area contributed by atoms with Crippen molar-refractivity contribution >= 4 is 17.4 Å². The van der Waals surface area contributed by atoms with E-state index in [1.165, 1.54) is 0 Å². The molecule has 0 fully saturated rings. The molecule has 2 aromatic carbocycles. The third-order valence-electron chi connectivity index (χ3n) is 3.15. The molecule has 1 heterocycles. The lowest BCUT2D eigenvalue weighted by atomic mass is 10.2. The minimum absolute atomic E-state index is 0.112. The average Bonchev–Trinajstić information content (AvgIpc) is 2.97. The second kappa shape index (κ2) is 5.57. The first-order chi connectivity index (χ1) is 9.83. The van der Waals surface area contributed by atoms with Gasteiger partial charge in [0.25, 0.3) is 5.91 Å². The molecule has 1 aliphatic rings. The molecule has 0 aromatic heterocycles. The smallest absolute Gasteiger partial charge is 0.256 e. The van der Waals surface area contributed by atoms with Gasteiger partial charge in [0.15, 0.2) is 0 Å². The molecule has 1 amide bonds. The molecule has 0 saturated heterocycles. The molecule has 0 saturated carbocycles. The lowest BCUT2D eigenvalue weighted by Crippen LogP contribution is -2.29. The minimum Gasteiger partial charge on any atom is -0.309 e. The van der Waals surface area contributed by atoms with E-state index in [9.17, 15) is 4.79 Å². The number of amides is 1. The summed E-state index contributed by atoms with van der Waals surface area (Å²) >= 11 is 0. The Morgan fingerprint density at radius 2 is 1.65 bits per heavy atom. The van der Waals surface area contributed by atoms with E-state index in [1.807, 2.05) is 53.5 Å². The highest BCUT2D eigenvalue weighted by Crippen LogP contribution is 2.17. The van der Waals surface area contributed by atoms with Crippen molar-refractivity contribution in [2.75, 3.05) is 11.6 Å². The van der Waals surface area contributed by atoms with Crippen molar-refractivity contribution in [2.24, 2.45) is 5.10 Å². The Balaban J connectivity index is 1.69. The van der Waals surface area contributed by atoms with Gasteiger partial charge in [-0.1, -0.05) is 36.4 Å². The van der Waals surface area contributed by atoms with Gasteiger partial charge in [0.1, 0.15) is 5.84 Å². The maximum Gasteiger partial charge on any atom is 0.256 e. The van der Waals surface area contributed by atoms with Crippen LogP contribution in [0, 0.1) is 0 Å². The van der Waals surface area contributed by atoms with Crippen molar-refractivity contribution in [2.45, 2.75) is 6.42 Å². The van der Waals surface area contributed by atoms with Gasteiger partial charge in [-0.3, -0.25) is 9.80 Å². The van der Waals surface area contributed by atoms with Crippen molar-refractivity contribution in [1.82, 2.24) is 5.32 Å². The Kier molecular flexibility index (Phi) is 3.46. The number of nitrogens with one attached hydrogen (secondary N) is 1. The van der Waals surface area contributed by atoms with E-state index in [1.54, 1.807) is 12.1 Å². The summed E-state index contributed by atoms with van der Waals surface area (Å²) in [6, 6.07) is 19.1. The minimum atomic E-state index is -0.112. The van der Waals surface area contributed by atoms with Gasteiger partial charge in [0.05, 0.1) is 5.69 Å². The summed E-state index contributed by atoms with van der Waals surface area (Å²) in [4.78, 5) is 12.0. The first-order valence-corrected chi connectivity index (χ1v) is 6.59. The zero-order chi connectivity index (χ0) is 13.8. The molecule has 3 rings (SSSR count). The van der Waals surface area contributed by atoms with Gasteiger partial charge in [-0.15, -0.1) is 0 Å². The maximum absolute atomic E-state index is 12.0. The SMILES string of the molecule is O=C(NC1=NN(c2ccccc2)CC1)c1ccccc1. The lowest BCUT2D eigenvalue weighted by molar-refractivity contribution is 0.0976. The van der Waals surface area contributed by atoms with Gasteiger partial charge < -0.3 is 5.32 Å². The number of hydrogen-bond acceptors (Lipinski definition) is 3. The van der Waals surface area contributed by atoms with Crippen LogP contribution in [0.4, 0.5) is 5.69 Å². The van der Waals surface area contributed by atoms with Gasteiger partial charge in [-0.05, 0) is 24.3 Å². The van der Waals surface area contributed by atoms with Gasteiger partial charge in [-0.2, -0.15) is 5.10 Å². The van der Waals surface area contributed by atoms with Crippen molar-refractivity contribution in [3.63, 3.8) is 0 Å². The monoisotopic (exact) mass is 265 g/mol. The van der Waals surface area contributed by atoms with Crippen LogP contribution >= 0.6 is 0 Å². The van der Waals surface area contributed by atoms with Crippen LogP contribution in [-0.4, -0.2) is 18.3 Å². The van der Waals surface area contributed by atoms with Crippen LogP contribution in [0.2, 0.25) is 0 Å². The number of hydrogen-bond donors (Lipinski definition) is 1. The standard InChI is InChI=1S/C16H15N3O/c20-16(13-7-3-1-4-8-13)17-15-11-12-19(18-15)14-9-5-2-6-10-14/h1-10H,11-12H2,(H,17,18,20). The van der Waals surface area contributed by atoms with Gasteiger partial charge >= 0.3 is 0 Å². The van der Waals surface area contributed by atoms with E-state index in [-0.39, 0.29) is 5.91 Å². The van der Waals surface area contributed by atoms with Crippen molar-refractivity contribution < 1.29 is 4.79 Å². The molecule has 0 radical (unpaired) electrons. The zero-order valence-corrected chi connectivity index (χ0v) is 11.0. The number of amidine groups is 1. The average molecular weight is 265 g/mol. The molecule has 0 bridgehead atoms. The second-order valence-electron chi connectivity index (χ2n) is 4.58. The number of para-hydroxylation sites is 1. The number of anilines is 1. The van der Waals surface area contributed by atoms with E-state index in [4.69, 9.17) is 0 Å². The fraction of sp³-hybridized carbons (Fsp3) is 0.125. The molecule has 2 aromatic rings. The largest absolute Gasteiger partial charge is 0.309 e. The molecule has 1 aliphatic heterocycles. The first kappa shape index (κ1) is 12.4. The molecular formula is C16H15N3O. The Morgan fingerprint density at radius 3 is 2.35 bits per heavy atom. The van der Waals surface area contributed by atoms with Crippen molar-refractivity contribution in [1.29, 1.82) is 0 Å². The molecule has 0 aliphatic carbocycles. The second-order valence-corrected chi connectivity index (χ2v) is 4.58. The predicted octanol–water partition coefficient (Wildman–Crippen LogP) is 2.64. The summed E-state index contributed by atoms with van der Waals surface area (Å²) in [6.07, 6.45) is 0.744. The van der Waals surface area contributed by atoms with Crippen LogP contribution < -0.4 is 10.3 Å². The molecule has 4 heteroatoms. The number of carbonyl (C=O) groups is 1. The van der Waals surface area contributed by atoms with E-state index in [0.29, 0.717) is 11.4 Å². The molecule has 0 atom stereocenters. The lowest BCUT2D eigenvalue weighted by Gasteiger charge is -2.12. The summed E-state index contributed by atoms with van der Waals surface area (Å²) in [7, 11) is 0. The molecule has 20 heavy (non-hydrogen) atoms. The Bertz CT molecular complexity index is 623. The quantitative estimate of drug-likeness (QED) is 0.907. The van der Waals surface area contributed by atoms with Crippen LogP contribution in [0.15, 0.2) is 65.8 Å². The Morgan fingerprint density at radius 1 is 1.00 bits per heavy atom. The highest BCUT2D eigenvalue weighted by atomic mass is 16.1. The molecule has 1 N–H and O–H groups in total. The Labute approximate surface area is 117 Å². The van der Waals surface area contributed by atoms with Crippen molar-refractivity contribution in [3.05, 3.63) is 66.2 Å². The highest BCUT2D eigenvalue weighted by Gasteiger charge is 2.17. The number of hydrazone groups is 1. The predicted molar refractivity (Wildman–Crippen MR) is 79.7 cm³/mol.